The summed E-state index contributed by atoms with van der Waals surface area (Å²) >= 11 is 12.1. The van der Waals surface area contributed by atoms with Gasteiger partial charge < -0.3 is 15.4 Å². The van der Waals surface area contributed by atoms with Gasteiger partial charge in [0.05, 0.1) is 22.8 Å². The van der Waals surface area contributed by atoms with E-state index in [0.717, 1.165) is 11.6 Å². The Morgan fingerprint density at radius 1 is 1.22 bits per heavy atom. The monoisotopic (exact) mass is 494 g/mol. The van der Waals surface area contributed by atoms with Crippen molar-refractivity contribution in [3.05, 3.63) is 70.2 Å². The fourth-order valence-electron chi connectivity index (χ4n) is 3.52. The number of fused-ring (bicyclic) bond motifs is 1. The van der Waals surface area contributed by atoms with Crippen molar-refractivity contribution < 1.29 is 17.9 Å². The number of benzene rings is 2. The minimum atomic E-state index is -4.33. The summed E-state index contributed by atoms with van der Waals surface area (Å²) in [4.78, 5) is 3.70. The van der Waals surface area contributed by atoms with Crippen LogP contribution in [-0.4, -0.2) is 23.1 Å². The molecule has 2 heterocycles. The van der Waals surface area contributed by atoms with Gasteiger partial charge in [0.15, 0.2) is 5.82 Å². The van der Waals surface area contributed by atoms with Crippen LogP contribution in [0.4, 0.5) is 15.9 Å². The van der Waals surface area contributed by atoms with Gasteiger partial charge in [-0.15, -0.1) is 0 Å². The van der Waals surface area contributed by atoms with E-state index in [1.54, 1.807) is 30.1 Å². The number of hydrogen-bond donors (Lipinski definition) is 3. The Morgan fingerprint density at radius 3 is 2.69 bits per heavy atom. The maximum atomic E-state index is 15.5. The smallest absolute Gasteiger partial charge is 0.263 e. The van der Waals surface area contributed by atoms with Crippen molar-refractivity contribution in [3.63, 3.8) is 0 Å². The molecule has 0 amide bonds. The minimum Gasteiger partial charge on any atom is -0.392 e. The fourth-order valence-corrected chi connectivity index (χ4v) is 5.50. The van der Waals surface area contributed by atoms with Crippen LogP contribution in [0, 0.1) is 5.82 Å². The molecule has 166 valence electrons. The number of nitrogen functional groups attached to an aromatic ring is 1. The number of aryl methyl sites for hydroxylation is 1. The molecule has 0 fully saturated rings. The number of aromatic nitrogens is 2. The summed E-state index contributed by atoms with van der Waals surface area (Å²) in [5.41, 5.74) is 7.23. The van der Waals surface area contributed by atoms with Crippen molar-refractivity contribution in [1.29, 1.82) is 0 Å². The van der Waals surface area contributed by atoms with Gasteiger partial charge in [0, 0.05) is 41.0 Å². The van der Waals surface area contributed by atoms with Crippen LogP contribution in [0.5, 0.6) is 0 Å². The topological polar surface area (TPSA) is 110 Å². The summed E-state index contributed by atoms with van der Waals surface area (Å²) in [7, 11) is -2.54. The molecule has 11 heteroatoms. The van der Waals surface area contributed by atoms with E-state index in [0.29, 0.717) is 10.9 Å². The molecule has 0 aliphatic heterocycles. The Morgan fingerprint density at radius 2 is 1.97 bits per heavy atom. The predicted octanol–water partition coefficient (Wildman–Crippen LogP) is 4.56. The van der Waals surface area contributed by atoms with Crippen LogP contribution in [0.2, 0.25) is 10.0 Å². The highest BCUT2D eigenvalue weighted by molar-refractivity contribution is 7.92. The molecule has 0 saturated heterocycles. The van der Waals surface area contributed by atoms with Crippen LogP contribution in [0.1, 0.15) is 5.56 Å². The predicted molar refractivity (Wildman–Crippen MR) is 124 cm³/mol. The first-order valence-corrected chi connectivity index (χ1v) is 11.5. The van der Waals surface area contributed by atoms with Gasteiger partial charge in [0.25, 0.3) is 10.0 Å². The van der Waals surface area contributed by atoms with E-state index >= 15 is 4.39 Å². The molecule has 0 radical (unpaired) electrons. The first kappa shape index (κ1) is 22.3. The first-order valence-electron chi connectivity index (χ1n) is 9.24. The summed E-state index contributed by atoms with van der Waals surface area (Å²) in [6.45, 7) is -0.512. The van der Waals surface area contributed by atoms with Gasteiger partial charge in [-0.3, -0.25) is 4.72 Å². The number of pyridine rings is 1. The van der Waals surface area contributed by atoms with Gasteiger partial charge in [0.2, 0.25) is 0 Å². The van der Waals surface area contributed by atoms with Gasteiger partial charge in [-0.1, -0.05) is 35.3 Å². The third kappa shape index (κ3) is 3.77. The summed E-state index contributed by atoms with van der Waals surface area (Å²) in [5.74, 6) is -0.571. The molecule has 0 aliphatic rings. The lowest BCUT2D eigenvalue weighted by atomic mass is 10.0. The van der Waals surface area contributed by atoms with Crippen LogP contribution in [0.25, 0.3) is 22.0 Å². The molecule has 7 nitrogen and oxygen atoms in total. The Labute approximate surface area is 193 Å². The van der Waals surface area contributed by atoms with E-state index in [2.05, 4.69) is 9.71 Å². The number of nitrogens with one attached hydrogen (secondary N) is 1. The van der Waals surface area contributed by atoms with E-state index in [4.69, 9.17) is 28.9 Å². The second-order valence-electron chi connectivity index (χ2n) is 7.05. The van der Waals surface area contributed by atoms with Gasteiger partial charge in [-0.2, -0.15) is 0 Å². The lowest BCUT2D eigenvalue weighted by Crippen LogP contribution is -2.15. The molecular weight excluding hydrogens is 478 g/mol. The molecule has 0 saturated carbocycles. The molecule has 0 bridgehead atoms. The van der Waals surface area contributed by atoms with Crippen molar-refractivity contribution >= 4 is 55.6 Å². The standard InChI is InChI=1S/C21H17Cl2FN4O3S/c1-28-9-14(18-16(28)5-6-26-21(18)25)13-3-2-4-15(20(13)24)27-32(30,31)17-8-12(22)7-11(10-29)19(17)23/h2-9,27,29H,10H2,1H3,(H2,25,26). The zero-order valence-corrected chi connectivity index (χ0v) is 18.9. The molecule has 4 rings (SSSR count). The molecular formula is C21H17Cl2FN4O3S. The number of aliphatic hydroxyl groups is 1. The van der Waals surface area contributed by atoms with Crippen LogP contribution < -0.4 is 10.5 Å². The second kappa shape index (κ2) is 8.25. The van der Waals surface area contributed by atoms with Gasteiger partial charge in [0.1, 0.15) is 10.7 Å². The molecule has 0 aliphatic carbocycles. The average molecular weight is 495 g/mol. The number of sulfonamides is 1. The third-order valence-electron chi connectivity index (χ3n) is 5.00. The lowest BCUT2D eigenvalue weighted by Gasteiger charge is -2.14. The number of nitrogens with two attached hydrogens (primary N) is 1. The number of rotatable bonds is 5. The molecule has 2 aromatic heterocycles. The van der Waals surface area contributed by atoms with Gasteiger partial charge >= 0.3 is 0 Å². The summed E-state index contributed by atoms with van der Waals surface area (Å²) in [6.07, 6.45) is 3.25. The molecule has 2 aromatic carbocycles. The highest BCUT2D eigenvalue weighted by Crippen LogP contribution is 2.37. The second-order valence-corrected chi connectivity index (χ2v) is 9.52. The molecule has 0 atom stereocenters. The van der Waals surface area contributed by atoms with Crippen LogP contribution in [0.3, 0.4) is 0 Å². The molecule has 32 heavy (non-hydrogen) atoms. The van der Waals surface area contributed by atoms with E-state index in [-0.39, 0.29) is 37.6 Å². The lowest BCUT2D eigenvalue weighted by molar-refractivity contribution is 0.281. The van der Waals surface area contributed by atoms with Crippen molar-refractivity contribution in [3.8, 4) is 11.1 Å². The van der Waals surface area contributed by atoms with Crippen molar-refractivity contribution in [2.24, 2.45) is 7.05 Å². The normalized spacial score (nSPS) is 11.8. The zero-order valence-electron chi connectivity index (χ0n) is 16.6. The summed E-state index contributed by atoms with van der Waals surface area (Å²) < 4.78 is 45.5. The summed E-state index contributed by atoms with van der Waals surface area (Å²) in [6, 6.07) is 8.55. The Bertz CT molecular complexity index is 1470. The largest absolute Gasteiger partial charge is 0.392 e. The molecule has 0 spiro atoms. The Kier molecular flexibility index (Phi) is 5.76. The molecule has 4 aromatic rings. The van der Waals surface area contributed by atoms with E-state index in [1.165, 1.54) is 24.3 Å². The highest BCUT2D eigenvalue weighted by atomic mass is 35.5. The number of aliphatic hydroxyl groups excluding tert-OH is 1. The number of hydrogen-bond acceptors (Lipinski definition) is 5. The van der Waals surface area contributed by atoms with Crippen LogP contribution in [0.15, 0.2) is 53.7 Å². The van der Waals surface area contributed by atoms with Crippen LogP contribution >= 0.6 is 23.2 Å². The quantitative estimate of drug-likeness (QED) is 0.376. The van der Waals surface area contributed by atoms with Crippen LogP contribution in [-0.2, 0) is 23.7 Å². The van der Waals surface area contributed by atoms with Gasteiger partial charge in [-0.25, -0.2) is 17.8 Å². The number of anilines is 2. The molecule has 4 N–H and O–H groups in total. The Balaban J connectivity index is 1.83. The van der Waals surface area contributed by atoms with Crippen molar-refractivity contribution in [1.82, 2.24) is 9.55 Å². The fraction of sp³-hybridized carbons (Fsp3) is 0.0952. The van der Waals surface area contributed by atoms with Crippen molar-refractivity contribution in [2.75, 3.05) is 10.5 Å². The highest BCUT2D eigenvalue weighted by Gasteiger charge is 2.24. The van der Waals surface area contributed by atoms with Crippen molar-refractivity contribution in [2.45, 2.75) is 11.5 Å². The maximum absolute atomic E-state index is 15.5. The number of halogens is 3. The van der Waals surface area contributed by atoms with E-state index in [1.807, 2.05) is 0 Å². The maximum Gasteiger partial charge on any atom is 0.263 e. The van der Waals surface area contributed by atoms with Gasteiger partial charge in [-0.05, 0) is 29.8 Å². The Hall–Kier alpha value is -2.85. The summed E-state index contributed by atoms with van der Waals surface area (Å²) in [5, 5.41) is 9.82. The molecule has 0 unspecified atom stereocenters. The number of nitrogens with zero attached hydrogens (tertiary/aromatic N) is 2. The average Bonchev–Trinajstić information content (AvgIpc) is 3.08. The SMILES string of the molecule is Cn1cc(-c2cccc(NS(=O)(=O)c3cc(Cl)cc(CO)c3Cl)c2F)c2c(N)nccc21. The zero-order chi connectivity index (χ0) is 23.2. The van der Waals surface area contributed by atoms with E-state index < -0.39 is 22.4 Å². The first-order chi connectivity index (χ1) is 15.1. The van der Waals surface area contributed by atoms with E-state index in [9.17, 15) is 13.5 Å². The third-order valence-corrected chi connectivity index (χ3v) is 7.17. The minimum absolute atomic E-state index is 0.0618.